The molecule has 1 heterocycles. The van der Waals surface area contributed by atoms with E-state index in [0.717, 1.165) is 6.42 Å². The van der Waals surface area contributed by atoms with Crippen LogP contribution in [0, 0.1) is 5.92 Å². The summed E-state index contributed by atoms with van der Waals surface area (Å²) in [4.78, 5) is 11.8. The summed E-state index contributed by atoms with van der Waals surface area (Å²) < 4.78 is 1.79. The summed E-state index contributed by atoms with van der Waals surface area (Å²) in [6, 6.07) is 2.01. The third-order valence-electron chi connectivity index (χ3n) is 3.11. The van der Waals surface area contributed by atoms with Crippen LogP contribution < -0.4 is 5.32 Å². The zero-order chi connectivity index (χ0) is 13.7. The quantitative estimate of drug-likeness (QED) is 0.816. The van der Waals surface area contributed by atoms with Gasteiger partial charge in [-0.25, -0.2) is 4.68 Å². The van der Waals surface area contributed by atoms with Gasteiger partial charge in [0.05, 0.1) is 24.8 Å². The van der Waals surface area contributed by atoms with Gasteiger partial charge in [0, 0.05) is 6.07 Å². The number of nitrogens with one attached hydrogen (secondary N) is 1. The Bertz CT molecular complexity index is 387. The lowest BCUT2D eigenvalue weighted by Gasteiger charge is -2.16. The number of nitrogens with zero attached hydrogens (tertiary/aromatic N) is 2. The molecule has 1 aromatic heterocycles. The number of amides is 1. The van der Waals surface area contributed by atoms with Crippen LogP contribution in [0.15, 0.2) is 12.3 Å². The summed E-state index contributed by atoms with van der Waals surface area (Å²) in [6.07, 6.45) is 2.12. The number of hydrogen-bond donors (Lipinski definition) is 2. The largest absolute Gasteiger partial charge is 0.392 e. The van der Waals surface area contributed by atoms with E-state index >= 15 is 0 Å². The second-order valence-corrected chi connectivity index (χ2v) is 4.98. The van der Waals surface area contributed by atoms with Crippen LogP contribution in [0.25, 0.3) is 0 Å². The molecule has 5 heteroatoms. The molecule has 0 fully saturated rings. The van der Waals surface area contributed by atoms with Gasteiger partial charge in [0.2, 0.25) is 5.91 Å². The molecule has 102 valence electrons. The van der Waals surface area contributed by atoms with Crippen molar-refractivity contribution in [3.8, 4) is 0 Å². The molecule has 0 aromatic carbocycles. The van der Waals surface area contributed by atoms with E-state index in [-0.39, 0.29) is 24.3 Å². The Morgan fingerprint density at radius 2 is 2.17 bits per heavy atom. The molecule has 1 aromatic rings. The van der Waals surface area contributed by atoms with Gasteiger partial charge in [-0.3, -0.25) is 4.79 Å². The Hall–Kier alpha value is -1.36. The fourth-order valence-electron chi connectivity index (χ4n) is 1.56. The third kappa shape index (κ3) is 3.84. The lowest BCUT2D eigenvalue weighted by atomic mass is 10.0. The molecule has 5 nitrogen and oxygen atoms in total. The van der Waals surface area contributed by atoms with Gasteiger partial charge >= 0.3 is 0 Å². The van der Waals surface area contributed by atoms with E-state index in [9.17, 15) is 9.90 Å². The minimum absolute atomic E-state index is 0.0789. The summed E-state index contributed by atoms with van der Waals surface area (Å²) in [5.74, 6) is 0.585. The standard InChI is InChI=1S/C13H23N3O2/c1-5-10(4)16-12(6-7-14-16)15-13(18)8-11(17)9(2)3/h6-7,9-11,17H,5,8H2,1-4H3,(H,15,18). The van der Waals surface area contributed by atoms with Crippen LogP contribution in [-0.2, 0) is 4.79 Å². The summed E-state index contributed by atoms with van der Waals surface area (Å²) in [5, 5.41) is 16.7. The van der Waals surface area contributed by atoms with Gasteiger partial charge in [-0.05, 0) is 19.3 Å². The number of aliphatic hydroxyl groups excluding tert-OH is 1. The maximum Gasteiger partial charge on any atom is 0.228 e. The number of carbonyl (C=O) groups is 1. The van der Waals surface area contributed by atoms with E-state index in [1.165, 1.54) is 0 Å². The topological polar surface area (TPSA) is 67.2 Å². The first-order valence-electron chi connectivity index (χ1n) is 6.47. The van der Waals surface area contributed by atoms with Crippen LogP contribution in [0.2, 0.25) is 0 Å². The minimum atomic E-state index is -0.607. The molecule has 0 saturated heterocycles. The highest BCUT2D eigenvalue weighted by Gasteiger charge is 2.16. The SMILES string of the molecule is CCC(C)n1nccc1NC(=O)CC(O)C(C)C. The fourth-order valence-corrected chi connectivity index (χ4v) is 1.56. The number of aromatic nitrogens is 2. The average molecular weight is 253 g/mol. The number of rotatable bonds is 6. The highest BCUT2D eigenvalue weighted by molar-refractivity contribution is 5.90. The Morgan fingerprint density at radius 3 is 2.72 bits per heavy atom. The Balaban J connectivity index is 2.62. The number of anilines is 1. The predicted octanol–water partition coefficient (Wildman–Crippen LogP) is 2.20. The van der Waals surface area contributed by atoms with Crippen LogP contribution >= 0.6 is 0 Å². The van der Waals surface area contributed by atoms with Crippen LogP contribution in [0.3, 0.4) is 0 Å². The van der Waals surface area contributed by atoms with Crippen molar-refractivity contribution in [2.45, 2.75) is 52.7 Å². The van der Waals surface area contributed by atoms with Gasteiger partial charge in [0.1, 0.15) is 5.82 Å². The molecular weight excluding hydrogens is 230 g/mol. The molecule has 0 radical (unpaired) electrons. The molecule has 0 saturated carbocycles. The second-order valence-electron chi connectivity index (χ2n) is 4.98. The Kier molecular flexibility index (Phi) is 5.34. The summed E-state index contributed by atoms with van der Waals surface area (Å²) >= 11 is 0. The third-order valence-corrected chi connectivity index (χ3v) is 3.11. The number of carbonyl (C=O) groups excluding carboxylic acids is 1. The van der Waals surface area contributed by atoms with Crippen molar-refractivity contribution in [2.75, 3.05) is 5.32 Å². The smallest absolute Gasteiger partial charge is 0.228 e. The lowest BCUT2D eigenvalue weighted by Crippen LogP contribution is -2.25. The van der Waals surface area contributed by atoms with Gasteiger partial charge in [0.25, 0.3) is 0 Å². The van der Waals surface area contributed by atoms with E-state index in [0.29, 0.717) is 5.82 Å². The fraction of sp³-hybridized carbons (Fsp3) is 0.692. The summed E-state index contributed by atoms with van der Waals surface area (Å²) in [5.41, 5.74) is 0. The molecule has 2 atom stereocenters. The summed E-state index contributed by atoms with van der Waals surface area (Å²) in [7, 11) is 0. The van der Waals surface area contributed by atoms with Crippen LogP contribution in [-0.4, -0.2) is 26.9 Å². The molecule has 18 heavy (non-hydrogen) atoms. The van der Waals surface area contributed by atoms with E-state index in [1.807, 2.05) is 20.8 Å². The average Bonchev–Trinajstić information content (AvgIpc) is 2.75. The maximum absolute atomic E-state index is 11.8. The zero-order valence-corrected chi connectivity index (χ0v) is 11.6. The molecule has 0 aliphatic carbocycles. The van der Waals surface area contributed by atoms with Gasteiger partial charge in [-0.15, -0.1) is 0 Å². The van der Waals surface area contributed by atoms with Crippen molar-refractivity contribution in [1.82, 2.24) is 9.78 Å². The van der Waals surface area contributed by atoms with Crippen molar-refractivity contribution < 1.29 is 9.90 Å². The number of aliphatic hydroxyl groups is 1. The van der Waals surface area contributed by atoms with Crippen LogP contribution in [0.4, 0.5) is 5.82 Å². The van der Waals surface area contributed by atoms with E-state index < -0.39 is 6.10 Å². The lowest BCUT2D eigenvalue weighted by molar-refractivity contribution is -0.118. The Morgan fingerprint density at radius 1 is 1.50 bits per heavy atom. The molecular formula is C13H23N3O2. The van der Waals surface area contributed by atoms with Crippen LogP contribution in [0.5, 0.6) is 0 Å². The van der Waals surface area contributed by atoms with Crippen molar-refractivity contribution in [3.05, 3.63) is 12.3 Å². The second kappa shape index (κ2) is 6.54. The van der Waals surface area contributed by atoms with Gasteiger partial charge < -0.3 is 10.4 Å². The molecule has 1 amide bonds. The van der Waals surface area contributed by atoms with E-state index in [1.54, 1.807) is 16.9 Å². The predicted molar refractivity (Wildman–Crippen MR) is 71.3 cm³/mol. The Labute approximate surface area is 108 Å². The minimum Gasteiger partial charge on any atom is -0.392 e. The molecule has 2 N–H and O–H groups in total. The summed E-state index contributed by atoms with van der Waals surface area (Å²) in [6.45, 7) is 7.90. The first-order valence-corrected chi connectivity index (χ1v) is 6.47. The zero-order valence-electron chi connectivity index (χ0n) is 11.6. The highest BCUT2D eigenvalue weighted by atomic mass is 16.3. The molecule has 0 spiro atoms. The van der Waals surface area contributed by atoms with Crippen molar-refractivity contribution in [3.63, 3.8) is 0 Å². The molecule has 0 aliphatic rings. The van der Waals surface area contributed by atoms with Gasteiger partial charge in [0.15, 0.2) is 0 Å². The van der Waals surface area contributed by atoms with Crippen molar-refractivity contribution >= 4 is 11.7 Å². The first-order chi connectivity index (χ1) is 8.45. The van der Waals surface area contributed by atoms with Crippen molar-refractivity contribution in [1.29, 1.82) is 0 Å². The van der Waals surface area contributed by atoms with E-state index in [2.05, 4.69) is 17.3 Å². The number of hydrogen-bond acceptors (Lipinski definition) is 3. The highest BCUT2D eigenvalue weighted by Crippen LogP contribution is 2.17. The first kappa shape index (κ1) is 14.7. The molecule has 0 aliphatic heterocycles. The molecule has 2 unspecified atom stereocenters. The van der Waals surface area contributed by atoms with E-state index in [4.69, 9.17) is 0 Å². The van der Waals surface area contributed by atoms with Crippen molar-refractivity contribution in [2.24, 2.45) is 5.92 Å². The van der Waals surface area contributed by atoms with Gasteiger partial charge in [-0.2, -0.15) is 5.10 Å². The maximum atomic E-state index is 11.8. The van der Waals surface area contributed by atoms with Gasteiger partial charge in [-0.1, -0.05) is 20.8 Å². The monoisotopic (exact) mass is 253 g/mol. The molecule has 1 rings (SSSR count). The van der Waals surface area contributed by atoms with Crippen LogP contribution in [0.1, 0.15) is 46.6 Å². The normalized spacial score (nSPS) is 14.6. The molecule has 0 bridgehead atoms.